The van der Waals surface area contributed by atoms with Crippen LogP contribution in [0.5, 0.6) is 0 Å². The van der Waals surface area contributed by atoms with Gasteiger partial charge >= 0.3 is 5.69 Å². The van der Waals surface area contributed by atoms with Crippen LogP contribution in [0, 0.1) is 5.41 Å². The van der Waals surface area contributed by atoms with Gasteiger partial charge in [-0.2, -0.15) is 4.98 Å². The predicted octanol–water partition coefficient (Wildman–Crippen LogP) is 4.02. The summed E-state index contributed by atoms with van der Waals surface area (Å²) in [5, 5.41) is 12.6. The van der Waals surface area contributed by atoms with E-state index in [-0.39, 0.29) is 26.9 Å². The Morgan fingerprint density at radius 2 is 1.97 bits per heavy atom. The summed E-state index contributed by atoms with van der Waals surface area (Å²) in [5.74, 6) is 0.319. The van der Waals surface area contributed by atoms with Crippen molar-refractivity contribution in [2.75, 3.05) is 23.8 Å². The topological polar surface area (TPSA) is 103 Å². The molecule has 0 saturated carbocycles. The zero-order chi connectivity index (χ0) is 22.4. The highest BCUT2D eigenvalue weighted by Gasteiger charge is 2.16. The van der Waals surface area contributed by atoms with Gasteiger partial charge in [0.25, 0.3) is 0 Å². The van der Waals surface area contributed by atoms with Crippen LogP contribution in [0.3, 0.4) is 0 Å². The molecule has 32 heavy (non-hydrogen) atoms. The Morgan fingerprint density at radius 1 is 1.19 bits per heavy atom. The van der Waals surface area contributed by atoms with Crippen molar-refractivity contribution in [3.8, 4) is 5.69 Å². The molecule has 0 amide bonds. The third kappa shape index (κ3) is 3.51. The lowest BCUT2D eigenvalue weighted by molar-refractivity contribution is 0.745. The molecule has 0 fully saturated rings. The lowest BCUT2D eigenvalue weighted by atomic mass is 10.0. The van der Waals surface area contributed by atoms with E-state index in [1.165, 1.54) is 17.4 Å². The number of benzene rings is 2. The molecule has 0 unspecified atom stereocenters. The van der Waals surface area contributed by atoms with Crippen LogP contribution < -0.4 is 21.4 Å². The fourth-order valence-electron chi connectivity index (χ4n) is 3.97. The number of anilines is 3. The lowest BCUT2D eigenvalue weighted by Crippen LogP contribution is -2.34. The van der Waals surface area contributed by atoms with E-state index in [1.807, 2.05) is 6.07 Å². The van der Waals surface area contributed by atoms with Crippen LogP contribution in [0.1, 0.15) is 12.0 Å². The minimum atomic E-state index is -0.572. The SMILES string of the molecule is CN1CCCc2ccc(Nc3ncc4c(=N)n(-c5c(Cl)cccc5Cl)c(=O)[nH]c4n3)cc21. The van der Waals surface area contributed by atoms with Gasteiger partial charge in [-0.15, -0.1) is 0 Å². The molecular formula is C22H19Cl2N7O. The summed E-state index contributed by atoms with van der Waals surface area (Å²) in [6, 6.07) is 11.1. The van der Waals surface area contributed by atoms with Gasteiger partial charge in [0.15, 0.2) is 5.65 Å². The van der Waals surface area contributed by atoms with Crippen molar-refractivity contribution in [1.82, 2.24) is 19.5 Å². The highest BCUT2D eigenvalue weighted by atomic mass is 35.5. The molecule has 0 radical (unpaired) electrons. The van der Waals surface area contributed by atoms with E-state index in [2.05, 4.69) is 44.3 Å². The maximum atomic E-state index is 12.8. The average Bonchev–Trinajstić information content (AvgIpc) is 2.76. The van der Waals surface area contributed by atoms with Crippen molar-refractivity contribution >= 4 is 51.6 Å². The first kappa shape index (κ1) is 20.5. The molecule has 0 atom stereocenters. The van der Waals surface area contributed by atoms with Crippen LogP contribution in [0.4, 0.5) is 17.3 Å². The van der Waals surface area contributed by atoms with Crippen molar-refractivity contribution in [1.29, 1.82) is 5.41 Å². The van der Waals surface area contributed by atoms with Crippen molar-refractivity contribution in [3.05, 3.63) is 74.2 Å². The first-order valence-corrected chi connectivity index (χ1v) is 10.8. The summed E-state index contributed by atoms with van der Waals surface area (Å²) in [6.45, 7) is 1.02. The summed E-state index contributed by atoms with van der Waals surface area (Å²) < 4.78 is 1.11. The number of hydrogen-bond acceptors (Lipinski definition) is 6. The number of nitrogens with zero attached hydrogens (tertiary/aromatic N) is 4. The van der Waals surface area contributed by atoms with Gasteiger partial charge in [0.05, 0.1) is 21.1 Å². The second-order valence-electron chi connectivity index (χ2n) is 7.63. The number of aromatic nitrogens is 4. The molecule has 0 aliphatic carbocycles. The molecule has 0 bridgehead atoms. The number of fused-ring (bicyclic) bond motifs is 2. The van der Waals surface area contributed by atoms with Gasteiger partial charge in [0.1, 0.15) is 5.49 Å². The molecule has 162 valence electrons. The molecule has 10 heteroatoms. The Balaban J connectivity index is 1.55. The molecular weight excluding hydrogens is 449 g/mol. The normalized spacial score (nSPS) is 13.3. The molecule has 4 aromatic rings. The molecule has 0 spiro atoms. The van der Waals surface area contributed by atoms with Crippen LogP contribution in [0.25, 0.3) is 16.7 Å². The standard InChI is InChI=1S/C22H19Cl2N7O/c1-30-9-3-4-12-7-8-13(10-17(12)30)27-21-26-11-14-19(25)31(22(32)29-20(14)28-21)18-15(23)5-2-6-16(18)24/h2,5-8,10-11,25H,3-4,9H2,1H3,(H2,26,27,28,29,32). The molecule has 2 aromatic heterocycles. The molecule has 1 aliphatic heterocycles. The zero-order valence-corrected chi connectivity index (χ0v) is 18.6. The first-order chi connectivity index (χ1) is 15.4. The van der Waals surface area contributed by atoms with Crippen LogP contribution in [0.15, 0.2) is 47.4 Å². The van der Waals surface area contributed by atoms with E-state index in [0.29, 0.717) is 11.3 Å². The van der Waals surface area contributed by atoms with Crippen LogP contribution in [-0.4, -0.2) is 33.1 Å². The van der Waals surface area contributed by atoms with E-state index in [0.717, 1.165) is 29.6 Å². The Kier molecular flexibility index (Phi) is 5.11. The Labute approximate surface area is 193 Å². The molecule has 5 rings (SSSR count). The van der Waals surface area contributed by atoms with E-state index < -0.39 is 5.69 Å². The van der Waals surface area contributed by atoms with Crippen molar-refractivity contribution in [2.45, 2.75) is 12.8 Å². The number of nitrogens with one attached hydrogen (secondary N) is 3. The zero-order valence-electron chi connectivity index (χ0n) is 17.1. The summed E-state index contributed by atoms with van der Waals surface area (Å²) in [4.78, 5) is 26.5. The highest BCUT2D eigenvalue weighted by Crippen LogP contribution is 2.30. The molecule has 0 saturated heterocycles. The Bertz CT molecular complexity index is 1460. The average molecular weight is 468 g/mol. The maximum Gasteiger partial charge on any atom is 0.333 e. The fourth-order valence-corrected chi connectivity index (χ4v) is 4.54. The Morgan fingerprint density at radius 3 is 2.75 bits per heavy atom. The molecule has 3 N–H and O–H groups in total. The summed E-state index contributed by atoms with van der Waals surface area (Å²) in [7, 11) is 2.08. The second-order valence-corrected chi connectivity index (χ2v) is 8.45. The molecule has 2 aromatic carbocycles. The third-order valence-electron chi connectivity index (χ3n) is 5.55. The van der Waals surface area contributed by atoms with Crippen LogP contribution in [0.2, 0.25) is 10.0 Å². The number of hydrogen-bond donors (Lipinski definition) is 3. The van der Waals surface area contributed by atoms with Gasteiger partial charge in [-0.3, -0.25) is 10.4 Å². The molecule has 1 aliphatic rings. The highest BCUT2D eigenvalue weighted by molar-refractivity contribution is 6.37. The maximum absolute atomic E-state index is 12.8. The first-order valence-electron chi connectivity index (χ1n) is 10.0. The van der Waals surface area contributed by atoms with Gasteiger partial charge < -0.3 is 10.2 Å². The van der Waals surface area contributed by atoms with Crippen molar-refractivity contribution in [3.63, 3.8) is 0 Å². The largest absolute Gasteiger partial charge is 0.374 e. The quantitative estimate of drug-likeness (QED) is 0.422. The summed E-state index contributed by atoms with van der Waals surface area (Å²) >= 11 is 12.5. The summed E-state index contributed by atoms with van der Waals surface area (Å²) in [6.07, 6.45) is 3.70. The van der Waals surface area contributed by atoms with E-state index >= 15 is 0 Å². The number of halogens is 2. The lowest BCUT2D eigenvalue weighted by Gasteiger charge is -2.28. The van der Waals surface area contributed by atoms with E-state index in [9.17, 15) is 4.79 Å². The number of para-hydroxylation sites is 1. The smallest absolute Gasteiger partial charge is 0.333 e. The van der Waals surface area contributed by atoms with Crippen LogP contribution >= 0.6 is 23.2 Å². The van der Waals surface area contributed by atoms with Gasteiger partial charge in [-0.05, 0) is 42.7 Å². The minimum Gasteiger partial charge on any atom is -0.374 e. The summed E-state index contributed by atoms with van der Waals surface area (Å²) in [5.41, 5.74) is 3.14. The number of H-pyrrole nitrogens is 1. The van der Waals surface area contributed by atoms with Crippen molar-refractivity contribution < 1.29 is 0 Å². The van der Waals surface area contributed by atoms with E-state index in [1.54, 1.807) is 18.2 Å². The fraction of sp³-hybridized carbons (Fsp3) is 0.182. The number of aryl methyl sites for hydroxylation is 1. The van der Waals surface area contributed by atoms with Crippen LogP contribution in [-0.2, 0) is 6.42 Å². The van der Waals surface area contributed by atoms with E-state index in [4.69, 9.17) is 28.6 Å². The minimum absolute atomic E-state index is 0.110. The predicted molar refractivity (Wildman–Crippen MR) is 127 cm³/mol. The number of rotatable bonds is 3. The Hall–Kier alpha value is -3.36. The van der Waals surface area contributed by atoms with Gasteiger partial charge in [-0.1, -0.05) is 35.3 Å². The molecule has 3 heterocycles. The monoisotopic (exact) mass is 467 g/mol. The third-order valence-corrected chi connectivity index (χ3v) is 6.16. The van der Waals surface area contributed by atoms with Crippen molar-refractivity contribution in [2.24, 2.45) is 0 Å². The number of aromatic amines is 1. The molecule has 8 nitrogen and oxygen atoms in total. The van der Waals surface area contributed by atoms with Gasteiger partial charge in [0, 0.05) is 31.2 Å². The van der Waals surface area contributed by atoms with Gasteiger partial charge in [0.2, 0.25) is 5.95 Å². The van der Waals surface area contributed by atoms with Gasteiger partial charge in [-0.25, -0.2) is 14.3 Å². The second kappa shape index (κ2) is 7.96.